The minimum Gasteiger partial charge on any atom is -0.326 e. The van der Waals surface area contributed by atoms with Gasteiger partial charge in [0.1, 0.15) is 0 Å². The van der Waals surface area contributed by atoms with Crippen LogP contribution in [0.5, 0.6) is 0 Å². The molecule has 1 aromatic rings. The number of nitro benzene ring substituents is 1. The van der Waals surface area contributed by atoms with E-state index in [2.05, 4.69) is 15.8 Å². The van der Waals surface area contributed by atoms with E-state index < -0.39 is 4.92 Å². The van der Waals surface area contributed by atoms with Gasteiger partial charge in [0.05, 0.1) is 11.3 Å². The minimum absolute atomic E-state index is 0.0248. The number of hydrazone groups is 1. The van der Waals surface area contributed by atoms with E-state index >= 15 is 0 Å². The molecule has 0 bridgehead atoms. The van der Waals surface area contributed by atoms with E-state index in [-0.39, 0.29) is 23.9 Å². The number of benzene rings is 1. The first kappa shape index (κ1) is 15.3. The highest BCUT2D eigenvalue weighted by Gasteiger charge is 2.09. The molecule has 0 spiro atoms. The molecule has 0 aliphatic heterocycles. The number of nitrogens with one attached hydrogen (secondary N) is 2. The Labute approximate surface area is 115 Å². The second-order valence-electron chi connectivity index (χ2n) is 4.05. The van der Waals surface area contributed by atoms with Crippen molar-refractivity contribution in [3.05, 3.63) is 34.4 Å². The van der Waals surface area contributed by atoms with Crippen molar-refractivity contribution in [1.29, 1.82) is 0 Å². The van der Waals surface area contributed by atoms with Gasteiger partial charge in [-0.25, -0.2) is 5.43 Å². The predicted molar refractivity (Wildman–Crippen MR) is 73.3 cm³/mol. The highest BCUT2D eigenvalue weighted by molar-refractivity contribution is 6.05. The number of rotatable bonds is 5. The van der Waals surface area contributed by atoms with Crippen molar-refractivity contribution in [3.63, 3.8) is 0 Å². The van der Waals surface area contributed by atoms with Gasteiger partial charge in [0, 0.05) is 30.5 Å². The van der Waals surface area contributed by atoms with Gasteiger partial charge in [-0.3, -0.25) is 19.7 Å². The summed E-state index contributed by atoms with van der Waals surface area (Å²) in [5, 5.41) is 16.8. The van der Waals surface area contributed by atoms with E-state index in [1.807, 2.05) is 0 Å². The fourth-order valence-corrected chi connectivity index (χ4v) is 1.35. The molecule has 0 saturated heterocycles. The molecular formula is C12H14N4O4. The number of hydrogen-bond acceptors (Lipinski definition) is 5. The van der Waals surface area contributed by atoms with E-state index in [1.165, 1.54) is 25.1 Å². The van der Waals surface area contributed by atoms with Crippen LogP contribution in [0.15, 0.2) is 29.4 Å². The van der Waals surface area contributed by atoms with Gasteiger partial charge in [0.2, 0.25) is 11.8 Å². The summed E-state index contributed by atoms with van der Waals surface area (Å²) >= 11 is 0. The van der Waals surface area contributed by atoms with Crippen LogP contribution < -0.4 is 10.7 Å². The Morgan fingerprint density at radius 1 is 1.35 bits per heavy atom. The number of nitrogens with zero attached hydrogens (tertiary/aromatic N) is 2. The Hall–Kier alpha value is -2.77. The molecule has 0 saturated carbocycles. The molecule has 2 amide bonds. The standard InChI is InChI=1S/C12H14N4O4/c1-8(14-15-9(2)17)6-12(18)13-10-4-3-5-11(7-10)16(19)20/h3-5,7H,6H2,1-2H3,(H,13,18)(H,15,17)/b14-8+. The van der Waals surface area contributed by atoms with Crippen LogP contribution in [0.4, 0.5) is 11.4 Å². The van der Waals surface area contributed by atoms with Crippen molar-refractivity contribution in [2.45, 2.75) is 20.3 Å². The number of nitro groups is 1. The Bertz CT molecular complexity index is 568. The van der Waals surface area contributed by atoms with Crippen LogP contribution in [0.25, 0.3) is 0 Å². The number of hydrogen-bond donors (Lipinski definition) is 2. The number of carbonyl (C=O) groups is 2. The molecule has 0 aliphatic rings. The second-order valence-corrected chi connectivity index (χ2v) is 4.05. The largest absolute Gasteiger partial charge is 0.326 e. The highest BCUT2D eigenvalue weighted by Crippen LogP contribution is 2.17. The molecule has 8 heteroatoms. The van der Waals surface area contributed by atoms with Crippen LogP contribution in [-0.4, -0.2) is 22.4 Å². The van der Waals surface area contributed by atoms with Crippen LogP contribution in [0, 0.1) is 10.1 Å². The summed E-state index contributed by atoms with van der Waals surface area (Å²) in [5.41, 5.74) is 2.86. The van der Waals surface area contributed by atoms with Gasteiger partial charge in [0.25, 0.3) is 5.69 Å². The van der Waals surface area contributed by atoms with Crippen LogP contribution >= 0.6 is 0 Å². The van der Waals surface area contributed by atoms with Gasteiger partial charge in [-0.2, -0.15) is 5.10 Å². The topological polar surface area (TPSA) is 114 Å². The maximum atomic E-state index is 11.7. The first-order valence-corrected chi connectivity index (χ1v) is 5.72. The first-order chi connectivity index (χ1) is 9.38. The zero-order chi connectivity index (χ0) is 15.1. The van der Waals surface area contributed by atoms with Crippen LogP contribution in [0.2, 0.25) is 0 Å². The normalized spacial score (nSPS) is 10.8. The molecule has 0 radical (unpaired) electrons. The van der Waals surface area contributed by atoms with Gasteiger partial charge >= 0.3 is 0 Å². The van der Waals surface area contributed by atoms with Gasteiger partial charge in [0.15, 0.2) is 0 Å². The molecule has 2 N–H and O–H groups in total. The van der Waals surface area contributed by atoms with E-state index in [0.717, 1.165) is 0 Å². The minimum atomic E-state index is -0.543. The molecule has 0 atom stereocenters. The fraction of sp³-hybridized carbons (Fsp3) is 0.250. The van der Waals surface area contributed by atoms with Crippen LogP contribution in [0.3, 0.4) is 0 Å². The summed E-state index contributed by atoms with van der Waals surface area (Å²) in [6.45, 7) is 2.89. The third kappa shape index (κ3) is 5.25. The molecule has 0 fully saturated rings. The lowest BCUT2D eigenvalue weighted by molar-refractivity contribution is -0.384. The Morgan fingerprint density at radius 2 is 2.05 bits per heavy atom. The molecule has 8 nitrogen and oxygen atoms in total. The summed E-state index contributed by atoms with van der Waals surface area (Å²) in [6.07, 6.45) is -0.0248. The summed E-state index contributed by atoms with van der Waals surface area (Å²) in [7, 11) is 0. The van der Waals surface area contributed by atoms with E-state index in [1.54, 1.807) is 13.0 Å². The lowest BCUT2D eigenvalue weighted by Gasteiger charge is -2.05. The van der Waals surface area contributed by atoms with Gasteiger partial charge in [-0.15, -0.1) is 0 Å². The summed E-state index contributed by atoms with van der Waals surface area (Å²) in [5.74, 6) is -0.708. The maximum absolute atomic E-state index is 11.7. The highest BCUT2D eigenvalue weighted by atomic mass is 16.6. The number of non-ortho nitro benzene ring substituents is 1. The van der Waals surface area contributed by atoms with Crippen molar-refractivity contribution >= 4 is 28.9 Å². The average Bonchev–Trinajstić information content (AvgIpc) is 2.36. The molecule has 0 unspecified atom stereocenters. The molecule has 106 valence electrons. The number of anilines is 1. The zero-order valence-electron chi connectivity index (χ0n) is 11.0. The molecular weight excluding hydrogens is 264 g/mol. The monoisotopic (exact) mass is 278 g/mol. The maximum Gasteiger partial charge on any atom is 0.271 e. The zero-order valence-corrected chi connectivity index (χ0v) is 11.0. The summed E-state index contributed by atoms with van der Waals surface area (Å²) < 4.78 is 0. The van der Waals surface area contributed by atoms with Crippen molar-refractivity contribution in [1.82, 2.24) is 5.43 Å². The smallest absolute Gasteiger partial charge is 0.271 e. The molecule has 20 heavy (non-hydrogen) atoms. The van der Waals surface area contributed by atoms with E-state index in [0.29, 0.717) is 11.4 Å². The Balaban J connectivity index is 2.62. The molecule has 1 rings (SSSR count). The van der Waals surface area contributed by atoms with Crippen LogP contribution in [0.1, 0.15) is 20.3 Å². The third-order valence-corrected chi connectivity index (χ3v) is 2.16. The Kier molecular flexibility index (Phi) is 5.33. The summed E-state index contributed by atoms with van der Waals surface area (Å²) in [4.78, 5) is 32.4. The van der Waals surface area contributed by atoms with Gasteiger partial charge in [-0.1, -0.05) is 6.07 Å². The first-order valence-electron chi connectivity index (χ1n) is 5.72. The number of carbonyl (C=O) groups excluding carboxylic acids is 2. The predicted octanol–water partition coefficient (Wildman–Crippen LogP) is 1.44. The van der Waals surface area contributed by atoms with Crippen molar-refractivity contribution in [2.24, 2.45) is 5.10 Å². The third-order valence-electron chi connectivity index (χ3n) is 2.16. The molecule has 0 heterocycles. The Morgan fingerprint density at radius 3 is 2.65 bits per heavy atom. The summed E-state index contributed by atoms with van der Waals surface area (Å²) in [6, 6.07) is 5.62. The molecule has 0 aliphatic carbocycles. The molecule has 0 aromatic heterocycles. The number of amides is 2. The fourth-order valence-electron chi connectivity index (χ4n) is 1.35. The van der Waals surface area contributed by atoms with Crippen LogP contribution in [-0.2, 0) is 9.59 Å². The van der Waals surface area contributed by atoms with Crippen molar-refractivity contribution in [2.75, 3.05) is 5.32 Å². The van der Waals surface area contributed by atoms with Crippen molar-refractivity contribution < 1.29 is 14.5 Å². The lowest BCUT2D eigenvalue weighted by atomic mass is 10.2. The lowest BCUT2D eigenvalue weighted by Crippen LogP contribution is -2.19. The van der Waals surface area contributed by atoms with Gasteiger partial charge in [-0.05, 0) is 13.0 Å². The quantitative estimate of drug-likeness (QED) is 0.481. The molecule has 1 aromatic carbocycles. The van der Waals surface area contributed by atoms with Crippen molar-refractivity contribution in [3.8, 4) is 0 Å². The average molecular weight is 278 g/mol. The van der Waals surface area contributed by atoms with E-state index in [4.69, 9.17) is 0 Å². The SMILES string of the molecule is CC(=O)N/N=C(\C)CC(=O)Nc1cccc([N+](=O)[O-])c1. The second kappa shape index (κ2) is 6.98. The van der Waals surface area contributed by atoms with Gasteiger partial charge < -0.3 is 5.32 Å². The van der Waals surface area contributed by atoms with E-state index in [9.17, 15) is 19.7 Å².